The zero-order valence-corrected chi connectivity index (χ0v) is 23.0. The van der Waals surface area contributed by atoms with E-state index in [-0.39, 0.29) is 23.7 Å². The molecule has 2 aromatic carbocycles. The van der Waals surface area contributed by atoms with Crippen molar-refractivity contribution in [1.82, 2.24) is 0 Å². The lowest BCUT2D eigenvalue weighted by molar-refractivity contribution is -0.153. The van der Waals surface area contributed by atoms with Crippen LogP contribution in [0.1, 0.15) is 83.6 Å². The zero-order chi connectivity index (χ0) is 27.1. The van der Waals surface area contributed by atoms with E-state index in [1.54, 1.807) is 30.3 Å². The Bertz CT molecular complexity index is 1050. The molecule has 1 unspecified atom stereocenters. The number of rotatable bonds is 18. The molecule has 8 heteroatoms. The van der Waals surface area contributed by atoms with Gasteiger partial charge in [0.1, 0.15) is 17.3 Å². The maximum Gasteiger partial charge on any atom is 0.306 e. The molecule has 0 aromatic heterocycles. The Morgan fingerprint density at radius 1 is 0.892 bits per heavy atom. The molecule has 1 atom stereocenters. The number of aliphatic hydroxyl groups is 1. The maximum atomic E-state index is 12.4. The number of hydrogen-bond acceptors (Lipinski definition) is 6. The molecular formula is C29H42O7S. The molecule has 0 saturated heterocycles. The number of carbonyl (C=O) groups is 1. The molecule has 0 amide bonds. The van der Waals surface area contributed by atoms with Gasteiger partial charge in [-0.05, 0) is 30.0 Å². The van der Waals surface area contributed by atoms with Crippen LogP contribution in [0.15, 0.2) is 47.4 Å². The van der Waals surface area contributed by atoms with Gasteiger partial charge >= 0.3 is 5.97 Å². The molecule has 0 bridgehead atoms. The average molecular weight is 535 g/mol. The smallest absolute Gasteiger partial charge is 0.306 e. The van der Waals surface area contributed by atoms with Gasteiger partial charge in [0, 0.05) is 12.0 Å². The molecule has 0 aliphatic carbocycles. The molecule has 0 radical (unpaired) electrons. The minimum atomic E-state index is -4.64. The Morgan fingerprint density at radius 3 is 2.08 bits per heavy atom. The lowest BCUT2D eigenvalue weighted by Gasteiger charge is -2.20. The van der Waals surface area contributed by atoms with Crippen LogP contribution in [0.3, 0.4) is 0 Å². The molecule has 2 aromatic rings. The van der Waals surface area contributed by atoms with Crippen LogP contribution >= 0.6 is 0 Å². The topological polar surface area (TPSA) is 110 Å². The summed E-state index contributed by atoms with van der Waals surface area (Å²) in [4.78, 5) is 11.9. The molecule has 0 spiro atoms. The second kappa shape index (κ2) is 16.4. The number of benzene rings is 2. The summed E-state index contributed by atoms with van der Waals surface area (Å²) in [6, 6.07) is 12.1. The molecule has 2 rings (SSSR count). The van der Waals surface area contributed by atoms with Crippen LogP contribution in [0.25, 0.3) is 11.1 Å². The highest BCUT2D eigenvalue weighted by atomic mass is 32.2. The zero-order valence-electron chi connectivity index (χ0n) is 22.2. The van der Waals surface area contributed by atoms with Gasteiger partial charge in [0.2, 0.25) is 0 Å². The van der Waals surface area contributed by atoms with Crippen LogP contribution in [-0.2, 0) is 26.1 Å². The number of hydrogen-bond donors (Lipinski definition) is 2. The van der Waals surface area contributed by atoms with Crippen LogP contribution in [0.4, 0.5) is 0 Å². The highest BCUT2D eigenvalue weighted by molar-refractivity contribution is 7.86. The summed E-state index contributed by atoms with van der Waals surface area (Å²) in [5.41, 5.74) is 1.73. The number of esters is 1. The lowest BCUT2D eigenvalue weighted by Crippen LogP contribution is -2.29. The van der Waals surface area contributed by atoms with Crippen molar-refractivity contribution in [2.45, 2.75) is 95.5 Å². The molecule has 0 heterocycles. The number of aryl methyl sites for hydroxylation is 1. The first-order valence-corrected chi connectivity index (χ1v) is 14.9. The van der Waals surface area contributed by atoms with Crippen molar-refractivity contribution in [2.24, 2.45) is 0 Å². The first-order chi connectivity index (χ1) is 17.8. The number of unbranched alkanes of at least 4 members (excludes halogenated alkanes) is 8. The summed E-state index contributed by atoms with van der Waals surface area (Å²) in [6.45, 7) is 3.38. The van der Waals surface area contributed by atoms with Crippen LogP contribution in [0.5, 0.6) is 5.75 Å². The van der Waals surface area contributed by atoms with Gasteiger partial charge in [0.25, 0.3) is 10.1 Å². The maximum absolute atomic E-state index is 12.4. The highest BCUT2D eigenvalue weighted by Crippen LogP contribution is 2.38. The van der Waals surface area contributed by atoms with Crippen molar-refractivity contribution in [3.63, 3.8) is 0 Å². The Hall–Kier alpha value is -2.42. The monoisotopic (exact) mass is 534 g/mol. The van der Waals surface area contributed by atoms with Gasteiger partial charge in [-0.15, -0.1) is 0 Å². The Morgan fingerprint density at radius 2 is 1.51 bits per heavy atom. The molecule has 0 aliphatic rings. The number of carbonyl (C=O) groups excluding carboxylic acids is 1. The van der Waals surface area contributed by atoms with Gasteiger partial charge < -0.3 is 14.6 Å². The van der Waals surface area contributed by atoms with E-state index in [2.05, 4.69) is 6.92 Å². The van der Waals surface area contributed by atoms with Crippen LogP contribution < -0.4 is 4.74 Å². The van der Waals surface area contributed by atoms with Crippen molar-refractivity contribution in [3.05, 3.63) is 48.0 Å². The minimum absolute atomic E-state index is 0.0630. The number of ether oxygens (including phenoxy) is 2. The van der Waals surface area contributed by atoms with E-state index in [0.717, 1.165) is 24.8 Å². The molecule has 7 nitrogen and oxygen atoms in total. The van der Waals surface area contributed by atoms with Crippen molar-refractivity contribution in [2.75, 3.05) is 13.2 Å². The third-order valence-electron chi connectivity index (χ3n) is 6.32. The molecule has 37 heavy (non-hydrogen) atoms. The van der Waals surface area contributed by atoms with Gasteiger partial charge in [-0.2, -0.15) is 8.42 Å². The molecule has 0 saturated carbocycles. The van der Waals surface area contributed by atoms with Crippen LogP contribution in [0, 0.1) is 0 Å². The SMILES string of the molecule is CCCCCCCCCCCC(=O)OC(CO)COc1ccc(CC)c(-c2ccccc2)c1S(=O)(=O)O. The summed E-state index contributed by atoms with van der Waals surface area (Å²) in [7, 11) is -4.64. The molecular weight excluding hydrogens is 492 g/mol. The fourth-order valence-electron chi connectivity index (χ4n) is 4.32. The summed E-state index contributed by atoms with van der Waals surface area (Å²) >= 11 is 0. The van der Waals surface area contributed by atoms with Crippen molar-refractivity contribution >= 4 is 16.1 Å². The second-order valence-corrected chi connectivity index (χ2v) is 10.7. The van der Waals surface area contributed by atoms with E-state index in [9.17, 15) is 22.9 Å². The van der Waals surface area contributed by atoms with Crippen molar-refractivity contribution in [1.29, 1.82) is 0 Å². The van der Waals surface area contributed by atoms with Gasteiger partial charge in [-0.25, -0.2) is 0 Å². The Labute approximate surface area is 222 Å². The largest absolute Gasteiger partial charge is 0.488 e. The van der Waals surface area contributed by atoms with Crippen LogP contribution in [0.2, 0.25) is 0 Å². The standard InChI is InChI=1S/C29H42O7S/c1-3-5-6-7-8-9-10-11-15-18-27(31)36-25(21-30)22-35-26-20-19-23(4-2)28(29(26)37(32,33)34)24-16-13-12-14-17-24/h12-14,16-17,19-20,25,30H,3-11,15,18,21-22H2,1-2H3,(H,32,33,34). The van der Waals surface area contributed by atoms with E-state index >= 15 is 0 Å². The van der Waals surface area contributed by atoms with Gasteiger partial charge in [-0.1, -0.05) is 102 Å². The first kappa shape index (κ1) is 30.8. The quantitative estimate of drug-likeness (QED) is 0.130. The fourth-order valence-corrected chi connectivity index (χ4v) is 5.21. The molecule has 0 fully saturated rings. The lowest BCUT2D eigenvalue weighted by atomic mass is 9.97. The second-order valence-electron chi connectivity index (χ2n) is 9.31. The fraction of sp³-hybridized carbons (Fsp3) is 0.552. The predicted octanol–water partition coefficient (Wildman–Crippen LogP) is 6.37. The third kappa shape index (κ3) is 10.5. The summed E-state index contributed by atoms with van der Waals surface area (Å²) in [5.74, 6) is -0.487. The van der Waals surface area contributed by atoms with Crippen molar-refractivity contribution in [3.8, 4) is 16.9 Å². The Balaban J connectivity index is 1.97. The van der Waals surface area contributed by atoms with Crippen LogP contribution in [-0.4, -0.2) is 43.4 Å². The molecule has 0 aliphatic heterocycles. The predicted molar refractivity (Wildman–Crippen MR) is 145 cm³/mol. The summed E-state index contributed by atoms with van der Waals surface area (Å²) in [6.07, 6.45) is 10.1. The third-order valence-corrected chi connectivity index (χ3v) is 7.24. The van der Waals surface area contributed by atoms with E-state index in [1.807, 2.05) is 13.0 Å². The summed E-state index contributed by atoms with van der Waals surface area (Å²) < 4.78 is 45.9. The minimum Gasteiger partial charge on any atom is -0.488 e. The highest BCUT2D eigenvalue weighted by Gasteiger charge is 2.26. The Kier molecular flexibility index (Phi) is 13.7. The average Bonchev–Trinajstić information content (AvgIpc) is 2.89. The summed E-state index contributed by atoms with van der Waals surface area (Å²) in [5, 5.41) is 9.70. The van der Waals surface area contributed by atoms with Gasteiger partial charge in [-0.3, -0.25) is 9.35 Å². The normalized spacial score (nSPS) is 12.3. The van der Waals surface area contributed by atoms with E-state index in [1.165, 1.54) is 44.6 Å². The van der Waals surface area contributed by atoms with E-state index < -0.39 is 28.8 Å². The van der Waals surface area contributed by atoms with Gasteiger partial charge in [0.05, 0.1) is 6.61 Å². The first-order valence-electron chi connectivity index (χ1n) is 13.4. The molecule has 206 valence electrons. The van der Waals surface area contributed by atoms with E-state index in [4.69, 9.17) is 9.47 Å². The number of aliphatic hydroxyl groups excluding tert-OH is 1. The van der Waals surface area contributed by atoms with Crippen molar-refractivity contribution < 1.29 is 32.3 Å². The molecule has 2 N–H and O–H groups in total. The van der Waals surface area contributed by atoms with Gasteiger partial charge in [0.15, 0.2) is 6.10 Å². The van der Waals surface area contributed by atoms with E-state index in [0.29, 0.717) is 17.5 Å².